The summed E-state index contributed by atoms with van der Waals surface area (Å²) in [6.07, 6.45) is -2.74. The maximum absolute atomic E-state index is 12.1. The minimum atomic E-state index is -2.74. The van der Waals surface area contributed by atoms with Crippen molar-refractivity contribution in [1.29, 1.82) is 5.26 Å². The van der Waals surface area contributed by atoms with E-state index in [2.05, 4.69) is 4.98 Å². The molecule has 68 valence electrons. The van der Waals surface area contributed by atoms with Gasteiger partial charge in [0.15, 0.2) is 0 Å². The van der Waals surface area contributed by atoms with Gasteiger partial charge in [-0.3, -0.25) is 0 Å². The molecule has 0 saturated heterocycles. The molecule has 0 bridgehead atoms. The van der Waals surface area contributed by atoms with E-state index in [0.717, 1.165) is 6.07 Å². The van der Waals surface area contributed by atoms with Gasteiger partial charge in [0.1, 0.15) is 23.1 Å². The first-order valence-electron chi connectivity index (χ1n) is 3.30. The first-order valence-corrected chi connectivity index (χ1v) is 3.30. The van der Waals surface area contributed by atoms with E-state index < -0.39 is 12.1 Å². The number of nitrogen functional groups attached to an aromatic ring is 2. The average molecular weight is 184 g/mol. The molecule has 0 aliphatic rings. The van der Waals surface area contributed by atoms with E-state index >= 15 is 0 Å². The zero-order valence-electron chi connectivity index (χ0n) is 6.46. The van der Waals surface area contributed by atoms with Crippen LogP contribution in [0.1, 0.15) is 17.7 Å². The van der Waals surface area contributed by atoms with Gasteiger partial charge in [-0.15, -0.1) is 0 Å². The number of hydrogen-bond donors (Lipinski definition) is 2. The van der Waals surface area contributed by atoms with Crippen LogP contribution in [-0.2, 0) is 0 Å². The molecule has 0 unspecified atom stereocenters. The number of nitriles is 1. The Bertz CT molecular complexity index is 346. The van der Waals surface area contributed by atoms with E-state index in [1.807, 2.05) is 0 Å². The summed E-state index contributed by atoms with van der Waals surface area (Å²) < 4.78 is 24.2. The Morgan fingerprint density at radius 3 is 2.46 bits per heavy atom. The van der Waals surface area contributed by atoms with Crippen molar-refractivity contribution in [2.45, 2.75) is 6.43 Å². The van der Waals surface area contributed by atoms with Gasteiger partial charge < -0.3 is 11.5 Å². The van der Waals surface area contributed by atoms with Crippen LogP contribution in [0, 0.1) is 11.3 Å². The largest absolute Gasteiger partial charge is 0.397 e. The summed E-state index contributed by atoms with van der Waals surface area (Å²) in [5, 5.41) is 8.49. The number of pyridine rings is 1. The van der Waals surface area contributed by atoms with Crippen LogP contribution in [0.25, 0.3) is 0 Å². The summed E-state index contributed by atoms with van der Waals surface area (Å²) in [6, 6.07) is 2.62. The molecule has 0 atom stereocenters. The van der Waals surface area contributed by atoms with Gasteiger partial charge in [0.25, 0.3) is 6.43 Å². The van der Waals surface area contributed by atoms with Crippen LogP contribution in [0.3, 0.4) is 0 Å². The van der Waals surface area contributed by atoms with Crippen LogP contribution in [-0.4, -0.2) is 4.98 Å². The molecule has 13 heavy (non-hydrogen) atoms. The van der Waals surface area contributed by atoms with Crippen LogP contribution >= 0.6 is 0 Å². The third kappa shape index (κ3) is 1.64. The van der Waals surface area contributed by atoms with E-state index in [4.69, 9.17) is 16.7 Å². The molecule has 1 aromatic heterocycles. The van der Waals surface area contributed by atoms with Crippen LogP contribution in [0.5, 0.6) is 0 Å². The normalized spacial score (nSPS) is 10.0. The van der Waals surface area contributed by atoms with Crippen molar-refractivity contribution in [3.8, 4) is 6.07 Å². The van der Waals surface area contributed by atoms with Crippen molar-refractivity contribution in [2.75, 3.05) is 11.5 Å². The van der Waals surface area contributed by atoms with Gasteiger partial charge in [0.2, 0.25) is 0 Å². The highest BCUT2D eigenvalue weighted by atomic mass is 19.3. The lowest BCUT2D eigenvalue weighted by atomic mass is 10.2. The number of aromatic nitrogens is 1. The lowest BCUT2D eigenvalue weighted by molar-refractivity contribution is 0.146. The summed E-state index contributed by atoms with van der Waals surface area (Å²) in [6.45, 7) is 0. The fourth-order valence-corrected chi connectivity index (χ4v) is 0.840. The summed E-state index contributed by atoms with van der Waals surface area (Å²) in [5.41, 5.74) is 9.86. The molecule has 1 aromatic rings. The minimum absolute atomic E-state index is 0.0654. The number of anilines is 2. The molecule has 0 saturated carbocycles. The van der Waals surface area contributed by atoms with Crippen molar-refractivity contribution in [1.82, 2.24) is 4.98 Å². The molecule has 4 nitrogen and oxygen atoms in total. The number of rotatable bonds is 1. The standard InChI is InChI=1S/C7H6F2N4/c8-6(9)5-1-4(11)3(2-10)7(12)13-5/h1,6H,(H4,11,12,13). The fraction of sp³-hybridized carbons (Fsp3) is 0.143. The molecular formula is C7H6F2N4. The van der Waals surface area contributed by atoms with Gasteiger partial charge in [0.05, 0.1) is 5.69 Å². The fourth-order valence-electron chi connectivity index (χ4n) is 0.840. The van der Waals surface area contributed by atoms with Crippen LogP contribution in [0.15, 0.2) is 6.07 Å². The second kappa shape index (κ2) is 3.23. The molecule has 0 aromatic carbocycles. The monoisotopic (exact) mass is 184 g/mol. The first-order chi connectivity index (χ1) is 6.06. The molecule has 1 rings (SSSR count). The Morgan fingerprint density at radius 1 is 1.46 bits per heavy atom. The first kappa shape index (κ1) is 9.19. The van der Waals surface area contributed by atoms with Crippen molar-refractivity contribution in [3.05, 3.63) is 17.3 Å². The predicted octanol–water partition coefficient (Wildman–Crippen LogP) is 1.06. The van der Waals surface area contributed by atoms with Crippen LogP contribution in [0.2, 0.25) is 0 Å². The van der Waals surface area contributed by atoms with Gasteiger partial charge in [-0.25, -0.2) is 13.8 Å². The smallest absolute Gasteiger partial charge is 0.280 e. The van der Waals surface area contributed by atoms with Crippen molar-refractivity contribution in [2.24, 2.45) is 0 Å². The molecule has 1 heterocycles. The van der Waals surface area contributed by atoms with Gasteiger partial charge in [-0.1, -0.05) is 0 Å². The third-order valence-electron chi connectivity index (χ3n) is 1.43. The molecule has 4 N–H and O–H groups in total. The van der Waals surface area contributed by atoms with E-state index in [1.165, 1.54) is 0 Å². The molecule has 0 radical (unpaired) electrons. The maximum atomic E-state index is 12.1. The molecule has 0 fully saturated rings. The van der Waals surface area contributed by atoms with E-state index in [0.29, 0.717) is 0 Å². The molecule has 0 aliphatic heterocycles. The quantitative estimate of drug-likeness (QED) is 0.682. The Labute approximate surface area is 72.8 Å². The summed E-state index contributed by atoms with van der Waals surface area (Å²) in [4.78, 5) is 3.33. The average Bonchev–Trinajstić information content (AvgIpc) is 2.03. The van der Waals surface area contributed by atoms with Gasteiger partial charge in [-0.2, -0.15) is 5.26 Å². The summed E-state index contributed by atoms with van der Waals surface area (Å²) >= 11 is 0. The van der Waals surface area contributed by atoms with Crippen molar-refractivity contribution >= 4 is 11.5 Å². The highest BCUT2D eigenvalue weighted by Gasteiger charge is 2.13. The zero-order chi connectivity index (χ0) is 10.0. The number of nitrogens with zero attached hydrogens (tertiary/aromatic N) is 2. The number of halogens is 2. The molecule has 0 amide bonds. The minimum Gasteiger partial charge on any atom is -0.397 e. The van der Waals surface area contributed by atoms with Crippen LogP contribution in [0.4, 0.5) is 20.3 Å². The number of hydrogen-bond acceptors (Lipinski definition) is 4. The third-order valence-corrected chi connectivity index (χ3v) is 1.43. The summed E-state index contributed by atoms with van der Waals surface area (Å²) in [5.74, 6) is -0.266. The highest BCUT2D eigenvalue weighted by Crippen LogP contribution is 2.23. The lowest BCUT2D eigenvalue weighted by Crippen LogP contribution is -2.03. The van der Waals surface area contributed by atoms with E-state index in [9.17, 15) is 8.78 Å². The Kier molecular flexibility index (Phi) is 2.28. The van der Waals surface area contributed by atoms with Gasteiger partial charge in [-0.05, 0) is 6.07 Å². The Balaban J connectivity index is 3.30. The summed E-state index contributed by atoms with van der Waals surface area (Å²) in [7, 11) is 0. The Hall–Kier alpha value is -1.90. The molecule has 0 aliphatic carbocycles. The molecular weight excluding hydrogens is 178 g/mol. The van der Waals surface area contributed by atoms with Gasteiger partial charge in [0, 0.05) is 0 Å². The molecule has 6 heteroatoms. The van der Waals surface area contributed by atoms with E-state index in [1.54, 1.807) is 6.07 Å². The maximum Gasteiger partial charge on any atom is 0.280 e. The topological polar surface area (TPSA) is 88.7 Å². The number of nitrogens with two attached hydrogens (primary N) is 2. The number of alkyl halides is 2. The highest BCUT2D eigenvalue weighted by molar-refractivity contribution is 5.64. The van der Waals surface area contributed by atoms with E-state index in [-0.39, 0.29) is 17.1 Å². The van der Waals surface area contributed by atoms with Crippen LogP contribution < -0.4 is 11.5 Å². The SMILES string of the molecule is N#Cc1c(N)cc(C(F)F)nc1N. The van der Waals surface area contributed by atoms with Crippen molar-refractivity contribution < 1.29 is 8.78 Å². The molecule has 0 spiro atoms. The van der Waals surface area contributed by atoms with Gasteiger partial charge >= 0.3 is 0 Å². The zero-order valence-corrected chi connectivity index (χ0v) is 6.46. The Morgan fingerprint density at radius 2 is 2.08 bits per heavy atom. The second-order valence-electron chi connectivity index (χ2n) is 2.31. The van der Waals surface area contributed by atoms with Crippen molar-refractivity contribution in [3.63, 3.8) is 0 Å². The second-order valence-corrected chi connectivity index (χ2v) is 2.31. The predicted molar refractivity (Wildman–Crippen MR) is 42.7 cm³/mol. The lowest BCUT2D eigenvalue weighted by Gasteiger charge is -2.04.